The van der Waals surface area contributed by atoms with Gasteiger partial charge in [-0.15, -0.1) is 0 Å². The van der Waals surface area contributed by atoms with E-state index < -0.39 is 10.0 Å². The van der Waals surface area contributed by atoms with Crippen molar-refractivity contribution >= 4 is 15.9 Å². The van der Waals surface area contributed by atoms with Crippen LogP contribution < -0.4 is 5.32 Å². The molecule has 2 rings (SSSR count). The highest BCUT2D eigenvalue weighted by Crippen LogP contribution is 2.19. The number of carbonyl (C=O) groups is 1. The third-order valence-corrected chi connectivity index (χ3v) is 5.87. The molecule has 0 aromatic carbocycles. The number of nitrogens with zero attached hydrogens (tertiary/aromatic N) is 2. The number of nitrogens with one attached hydrogen (secondary N) is 1. The van der Waals surface area contributed by atoms with Gasteiger partial charge in [0.15, 0.2) is 5.03 Å². The zero-order chi connectivity index (χ0) is 16.7. The third-order valence-electron chi connectivity index (χ3n) is 4.05. The van der Waals surface area contributed by atoms with E-state index in [1.54, 1.807) is 12.1 Å². The number of unbranched alkanes of at least 4 members (excludes halogenated alkanes) is 1. The summed E-state index contributed by atoms with van der Waals surface area (Å²) < 4.78 is 26.7. The van der Waals surface area contributed by atoms with Gasteiger partial charge in [0.2, 0.25) is 5.91 Å². The summed E-state index contributed by atoms with van der Waals surface area (Å²) in [6, 6.07) is 4.95. The van der Waals surface area contributed by atoms with Crippen molar-refractivity contribution in [1.82, 2.24) is 14.6 Å². The van der Waals surface area contributed by atoms with E-state index >= 15 is 0 Å². The zero-order valence-corrected chi connectivity index (χ0v) is 14.4. The van der Waals surface area contributed by atoms with E-state index in [2.05, 4.69) is 17.2 Å². The lowest BCUT2D eigenvalue weighted by Gasteiger charge is -2.20. The molecule has 0 saturated carbocycles. The van der Waals surface area contributed by atoms with E-state index in [1.165, 1.54) is 16.6 Å². The van der Waals surface area contributed by atoms with E-state index in [9.17, 15) is 13.2 Å². The summed E-state index contributed by atoms with van der Waals surface area (Å²) in [7, 11) is -3.54. The van der Waals surface area contributed by atoms with Crippen LogP contribution in [0.1, 0.15) is 45.4 Å². The van der Waals surface area contributed by atoms with Crippen molar-refractivity contribution in [2.24, 2.45) is 0 Å². The predicted molar refractivity (Wildman–Crippen MR) is 88.3 cm³/mol. The molecule has 0 aliphatic carbocycles. The maximum atomic E-state index is 12.6. The number of hydrogen-bond donors (Lipinski definition) is 1. The van der Waals surface area contributed by atoms with Gasteiger partial charge >= 0.3 is 0 Å². The summed E-state index contributed by atoms with van der Waals surface area (Å²) in [6.07, 6.45) is 6.11. The summed E-state index contributed by atoms with van der Waals surface area (Å²) in [5, 5.41) is 3.12. The summed E-state index contributed by atoms with van der Waals surface area (Å²) in [4.78, 5) is 15.8. The first-order valence-electron chi connectivity index (χ1n) is 8.24. The van der Waals surface area contributed by atoms with E-state index in [1.807, 2.05) is 0 Å². The lowest BCUT2D eigenvalue weighted by Crippen LogP contribution is -2.36. The maximum Gasteiger partial charge on any atom is 0.260 e. The Morgan fingerprint density at radius 3 is 2.87 bits per heavy atom. The Labute approximate surface area is 138 Å². The number of amides is 1. The van der Waals surface area contributed by atoms with Crippen LogP contribution >= 0.6 is 0 Å². The van der Waals surface area contributed by atoms with Gasteiger partial charge in [-0.2, -0.15) is 4.31 Å². The number of hydrogen-bond acceptors (Lipinski definition) is 4. The lowest BCUT2D eigenvalue weighted by molar-refractivity contribution is -0.121. The number of carbonyl (C=O) groups excluding carboxylic acids is 1. The molecule has 1 N–H and O–H groups in total. The quantitative estimate of drug-likeness (QED) is 0.859. The van der Waals surface area contributed by atoms with Crippen LogP contribution in [0, 0.1) is 0 Å². The first-order valence-corrected chi connectivity index (χ1v) is 9.68. The molecular formula is C16H25N3O3S. The summed E-state index contributed by atoms with van der Waals surface area (Å²) in [6.45, 7) is 2.94. The van der Waals surface area contributed by atoms with Crippen LogP contribution in [-0.4, -0.2) is 42.7 Å². The first kappa shape index (κ1) is 17.9. The van der Waals surface area contributed by atoms with E-state index in [0.29, 0.717) is 25.9 Å². The van der Waals surface area contributed by atoms with E-state index in [4.69, 9.17) is 0 Å². The Bertz CT molecular complexity index is 604. The highest BCUT2D eigenvalue weighted by atomic mass is 32.2. The molecule has 0 bridgehead atoms. The summed E-state index contributed by atoms with van der Waals surface area (Å²) >= 11 is 0. The van der Waals surface area contributed by atoms with Crippen LogP contribution in [0.3, 0.4) is 0 Å². The lowest BCUT2D eigenvalue weighted by atomic mass is 10.1. The average Bonchev–Trinajstić information content (AvgIpc) is 2.80. The highest BCUT2D eigenvalue weighted by molar-refractivity contribution is 7.89. The van der Waals surface area contributed by atoms with Crippen LogP contribution in [0.25, 0.3) is 0 Å². The van der Waals surface area contributed by atoms with E-state index in [-0.39, 0.29) is 17.0 Å². The largest absolute Gasteiger partial charge is 0.353 e. The minimum absolute atomic E-state index is 0.0586. The molecule has 1 aliphatic rings. The molecule has 1 fully saturated rings. The Kier molecular flexibility index (Phi) is 6.53. The van der Waals surface area contributed by atoms with Gasteiger partial charge in [0, 0.05) is 31.7 Å². The smallest absolute Gasteiger partial charge is 0.260 e. The molecule has 0 radical (unpaired) electrons. The third kappa shape index (κ3) is 5.00. The van der Waals surface area contributed by atoms with Gasteiger partial charge in [-0.3, -0.25) is 4.79 Å². The van der Waals surface area contributed by atoms with Crippen molar-refractivity contribution < 1.29 is 13.2 Å². The standard InChI is InChI=1S/C16H25N3O3S/c1-2-3-8-15(20)18-14-7-6-12-19(13-10-14)23(21,22)16-9-4-5-11-17-16/h4-5,9,11,14H,2-3,6-8,10,12-13H2,1H3,(H,18,20). The molecular weight excluding hydrogens is 314 g/mol. The average molecular weight is 339 g/mol. The van der Waals surface area contributed by atoms with Crippen molar-refractivity contribution in [3.05, 3.63) is 24.4 Å². The molecule has 1 aromatic rings. The number of sulfonamides is 1. The fourth-order valence-electron chi connectivity index (χ4n) is 2.72. The monoisotopic (exact) mass is 339 g/mol. The molecule has 6 nitrogen and oxygen atoms in total. The second-order valence-electron chi connectivity index (χ2n) is 5.87. The van der Waals surface area contributed by atoms with Crippen molar-refractivity contribution in [2.75, 3.05) is 13.1 Å². The van der Waals surface area contributed by atoms with Crippen molar-refractivity contribution in [2.45, 2.75) is 56.5 Å². The number of rotatable bonds is 6. The number of aromatic nitrogens is 1. The van der Waals surface area contributed by atoms with Crippen LogP contribution in [0.2, 0.25) is 0 Å². The van der Waals surface area contributed by atoms with Gasteiger partial charge in [0.1, 0.15) is 0 Å². The fraction of sp³-hybridized carbons (Fsp3) is 0.625. The molecule has 7 heteroatoms. The molecule has 1 unspecified atom stereocenters. The van der Waals surface area contributed by atoms with Gasteiger partial charge in [0.25, 0.3) is 10.0 Å². The van der Waals surface area contributed by atoms with Crippen molar-refractivity contribution in [3.63, 3.8) is 0 Å². The Morgan fingerprint density at radius 1 is 1.35 bits per heavy atom. The highest BCUT2D eigenvalue weighted by Gasteiger charge is 2.28. The van der Waals surface area contributed by atoms with Crippen molar-refractivity contribution in [3.8, 4) is 0 Å². The molecule has 1 saturated heterocycles. The SMILES string of the molecule is CCCCC(=O)NC1CCCN(S(=O)(=O)c2ccccn2)CC1. The van der Waals surface area contributed by atoms with Gasteiger partial charge < -0.3 is 5.32 Å². The van der Waals surface area contributed by atoms with Gasteiger partial charge in [0.05, 0.1) is 0 Å². The molecule has 0 spiro atoms. The van der Waals surface area contributed by atoms with E-state index in [0.717, 1.165) is 25.7 Å². The molecule has 128 valence electrons. The first-order chi connectivity index (χ1) is 11.0. The molecule has 1 aliphatic heterocycles. The van der Waals surface area contributed by atoms with Crippen LogP contribution in [0.5, 0.6) is 0 Å². The summed E-state index contributed by atoms with van der Waals surface area (Å²) in [5.41, 5.74) is 0. The van der Waals surface area contributed by atoms with Crippen LogP contribution in [0.15, 0.2) is 29.4 Å². The second-order valence-corrected chi connectivity index (χ2v) is 7.76. The van der Waals surface area contributed by atoms with Crippen LogP contribution in [-0.2, 0) is 14.8 Å². The minimum Gasteiger partial charge on any atom is -0.353 e. The molecule has 1 atom stereocenters. The Morgan fingerprint density at radius 2 is 2.17 bits per heavy atom. The minimum atomic E-state index is -3.54. The zero-order valence-electron chi connectivity index (χ0n) is 13.6. The van der Waals surface area contributed by atoms with Gasteiger partial charge in [-0.1, -0.05) is 19.4 Å². The van der Waals surface area contributed by atoms with Gasteiger partial charge in [-0.05, 0) is 37.8 Å². The molecule has 2 heterocycles. The Balaban J connectivity index is 1.95. The molecule has 23 heavy (non-hydrogen) atoms. The molecule has 1 aromatic heterocycles. The van der Waals surface area contributed by atoms with Gasteiger partial charge in [-0.25, -0.2) is 13.4 Å². The summed E-state index contributed by atoms with van der Waals surface area (Å²) in [5.74, 6) is 0.0675. The molecule has 1 amide bonds. The number of pyridine rings is 1. The Hall–Kier alpha value is -1.47. The maximum absolute atomic E-state index is 12.6. The predicted octanol–water partition coefficient (Wildman–Crippen LogP) is 1.93. The topological polar surface area (TPSA) is 79.4 Å². The normalized spacial score (nSPS) is 20.0. The fourth-order valence-corrected chi connectivity index (χ4v) is 4.15. The second kappa shape index (κ2) is 8.40. The van der Waals surface area contributed by atoms with Crippen LogP contribution in [0.4, 0.5) is 0 Å². The van der Waals surface area contributed by atoms with Crippen molar-refractivity contribution in [1.29, 1.82) is 0 Å².